The van der Waals surface area contributed by atoms with E-state index in [9.17, 15) is 43.9 Å². The van der Waals surface area contributed by atoms with Crippen LogP contribution in [0.15, 0.2) is 48.3 Å². The first-order valence-corrected chi connectivity index (χ1v) is 13.3. The first-order valence-electron chi connectivity index (χ1n) is 13.3. The number of halogens is 16. The predicted octanol–water partition coefficient (Wildman–Crippen LogP) is 9.55. The summed E-state index contributed by atoms with van der Waals surface area (Å²) >= 11 is 0. The van der Waals surface area contributed by atoms with E-state index in [2.05, 4.69) is 4.65 Å². The van der Waals surface area contributed by atoms with Crippen molar-refractivity contribution in [3.8, 4) is 16.9 Å². The van der Waals surface area contributed by atoms with E-state index in [1.165, 1.54) is 30.3 Å². The van der Waals surface area contributed by atoms with Crippen LogP contribution in [-0.2, 0) is 10.5 Å². The third-order valence-corrected chi connectivity index (χ3v) is 7.54. The topological polar surface area (TPSA) is 18.5 Å². The molecule has 0 saturated heterocycles. The summed E-state index contributed by atoms with van der Waals surface area (Å²) in [6.45, 7) is 0. The second-order valence-corrected chi connectivity index (χ2v) is 10.3. The van der Waals surface area contributed by atoms with Crippen LogP contribution in [0.3, 0.4) is 0 Å². The monoisotopic (exact) mass is 726 g/mol. The predicted molar refractivity (Wildman–Crippen MR) is 141 cm³/mol. The van der Waals surface area contributed by atoms with E-state index in [0.29, 0.717) is 0 Å². The highest BCUT2D eigenvalue weighted by molar-refractivity contribution is 6.64. The molecular weight excluding hydrogens is 719 g/mol. The van der Waals surface area contributed by atoms with Gasteiger partial charge in [-0.25, -0.2) is 65.9 Å². The fourth-order valence-electron chi connectivity index (χ4n) is 5.25. The van der Waals surface area contributed by atoms with E-state index in [1.54, 1.807) is 0 Å². The molecule has 0 fully saturated rings. The molecule has 0 N–H and O–H groups in total. The van der Waals surface area contributed by atoms with Crippen molar-refractivity contribution in [1.29, 1.82) is 0 Å². The van der Waals surface area contributed by atoms with Gasteiger partial charge in [0.25, 0.3) is 5.85 Å². The minimum absolute atomic E-state index is 0.155. The Labute approximate surface area is 266 Å². The smallest absolute Gasteiger partial charge is 0.532 e. The van der Waals surface area contributed by atoms with Crippen LogP contribution in [0.4, 0.5) is 70.2 Å². The van der Waals surface area contributed by atoms with Crippen LogP contribution >= 0.6 is 0 Å². The minimum Gasteiger partial charge on any atom is -0.532 e. The van der Waals surface area contributed by atoms with E-state index < -0.39 is 134 Å². The van der Waals surface area contributed by atoms with E-state index >= 15 is 26.3 Å². The molecule has 258 valence electrons. The lowest BCUT2D eigenvalue weighted by Gasteiger charge is -2.28. The molecule has 1 atom stereocenters. The van der Waals surface area contributed by atoms with Crippen molar-refractivity contribution in [1.82, 2.24) is 0 Å². The third-order valence-electron chi connectivity index (χ3n) is 7.54. The van der Waals surface area contributed by atoms with Gasteiger partial charge < -0.3 is 9.31 Å². The molecule has 0 heterocycles. The van der Waals surface area contributed by atoms with Crippen molar-refractivity contribution < 1.29 is 79.6 Å². The van der Waals surface area contributed by atoms with Crippen LogP contribution < -0.4 is 10.1 Å². The van der Waals surface area contributed by atoms with Crippen molar-refractivity contribution in [3.05, 3.63) is 135 Å². The largest absolute Gasteiger partial charge is 0.569 e. The lowest BCUT2D eigenvalue weighted by molar-refractivity contribution is -0.0618. The molecular formula is C31H7BF16O2. The van der Waals surface area contributed by atoms with Crippen molar-refractivity contribution in [2.45, 2.75) is 5.85 Å². The van der Waals surface area contributed by atoms with Crippen LogP contribution in [0.2, 0.25) is 0 Å². The third kappa shape index (κ3) is 4.80. The number of hydrogen-bond acceptors (Lipinski definition) is 2. The zero-order valence-corrected chi connectivity index (χ0v) is 23.5. The number of rotatable bonds is 6. The standard InChI is InChI=1S/C31H7BF16O2/c33-16-11(12-17(34)24(41)29(46)25(42)18(12)35)15(22(39)28(45)23(16)40)32(49-10-7-3-5-8-4-1-2-6-9(8)10)50-31(48)14-13(20(37)30(31)47)19(36)26(43)27(44)21(14)38/h1-7H. The Morgan fingerprint density at radius 1 is 0.460 bits per heavy atom. The van der Waals surface area contributed by atoms with Crippen molar-refractivity contribution in [2.75, 3.05) is 0 Å². The summed E-state index contributed by atoms with van der Waals surface area (Å²) in [5, 5.41) is 0.00162. The van der Waals surface area contributed by atoms with E-state index in [0.717, 1.165) is 12.1 Å². The first kappa shape index (κ1) is 34.7. The van der Waals surface area contributed by atoms with Gasteiger partial charge in [0, 0.05) is 16.4 Å². The van der Waals surface area contributed by atoms with Gasteiger partial charge in [0.1, 0.15) is 5.75 Å². The van der Waals surface area contributed by atoms with E-state index in [-0.39, 0.29) is 10.8 Å². The normalized spacial score (nSPS) is 15.7. The molecule has 5 aromatic rings. The fourth-order valence-corrected chi connectivity index (χ4v) is 5.25. The SMILES string of the molecule is FC1=C(F)C(F)(OB(Oc2cccc3ccccc23)c2c(F)c(F)c(F)c(F)c2-c2c(F)c(F)c(F)c(F)c2F)c2c(F)c(F)c(F)c(F)c21. The number of alkyl halides is 1. The Hall–Kier alpha value is -5.20. The van der Waals surface area contributed by atoms with Crippen LogP contribution in [0.5, 0.6) is 5.75 Å². The molecule has 1 aliphatic rings. The highest BCUT2D eigenvalue weighted by Gasteiger charge is 2.58. The molecule has 1 aliphatic carbocycles. The molecule has 0 amide bonds. The quantitative estimate of drug-likeness (QED) is 0.0752. The first-order chi connectivity index (χ1) is 23.4. The van der Waals surface area contributed by atoms with Crippen LogP contribution in [0.1, 0.15) is 11.1 Å². The second-order valence-electron chi connectivity index (χ2n) is 10.3. The Morgan fingerprint density at radius 2 is 0.920 bits per heavy atom. The van der Waals surface area contributed by atoms with Crippen LogP contribution in [-0.4, -0.2) is 7.12 Å². The van der Waals surface area contributed by atoms with Gasteiger partial charge >= 0.3 is 7.12 Å². The Morgan fingerprint density at radius 3 is 1.52 bits per heavy atom. The Kier molecular flexibility index (Phi) is 8.31. The maximum Gasteiger partial charge on any atom is 0.569 e. The van der Waals surface area contributed by atoms with Crippen molar-refractivity contribution >= 4 is 29.2 Å². The molecule has 0 aromatic heterocycles. The molecule has 1 unspecified atom stereocenters. The van der Waals surface area contributed by atoms with Crippen molar-refractivity contribution in [3.63, 3.8) is 0 Å². The molecule has 50 heavy (non-hydrogen) atoms. The second kappa shape index (κ2) is 12.0. The van der Waals surface area contributed by atoms with Gasteiger partial charge in [-0.3, -0.25) is 0 Å². The molecule has 5 aromatic carbocycles. The van der Waals surface area contributed by atoms with Gasteiger partial charge in [0.2, 0.25) is 11.6 Å². The molecule has 0 radical (unpaired) electrons. The van der Waals surface area contributed by atoms with Gasteiger partial charge in [0.05, 0.1) is 16.7 Å². The molecule has 2 nitrogen and oxygen atoms in total. The maximum absolute atomic E-state index is 16.6. The van der Waals surface area contributed by atoms with Crippen molar-refractivity contribution in [2.24, 2.45) is 0 Å². The number of hydrogen-bond donors (Lipinski definition) is 0. The van der Waals surface area contributed by atoms with Crippen LogP contribution in [0, 0.1) is 75.6 Å². The highest BCUT2D eigenvalue weighted by Crippen LogP contribution is 2.53. The summed E-state index contributed by atoms with van der Waals surface area (Å²) in [4.78, 5) is 0. The molecule has 0 spiro atoms. The van der Waals surface area contributed by atoms with Gasteiger partial charge in [-0.2, -0.15) is 4.39 Å². The Bertz CT molecular complexity index is 2290. The summed E-state index contributed by atoms with van der Waals surface area (Å²) < 4.78 is 247. The number of fused-ring (bicyclic) bond motifs is 2. The molecule has 0 bridgehead atoms. The summed E-state index contributed by atoms with van der Waals surface area (Å²) in [6, 6.07) is 8.50. The lowest BCUT2D eigenvalue weighted by Crippen LogP contribution is -2.49. The highest BCUT2D eigenvalue weighted by atomic mass is 19.2. The van der Waals surface area contributed by atoms with E-state index in [1.807, 2.05) is 0 Å². The summed E-state index contributed by atoms with van der Waals surface area (Å²) in [5.41, 5.74) is -12.3. The molecule has 0 saturated carbocycles. The maximum atomic E-state index is 16.6. The average molecular weight is 726 g/mol. The lowest BCUT2D eigenvalue weighted by atomic mass is 9.72. The molecule has 6 rings (SSSR count). The number of benzene rings is 5. The van der Waals surface area contributed by atoms with E-state index in [4.69, 9.17) is 4.65 Å². The van der Waals surface area contributed by atoms with Crippen LogP contribution in [0.25, 0.3) is 27.7 Å². The molecule has 0 aliphatic heterocycles. The zero-order chi connectivity index (χ0) is 36.7. The van der Waals surface area contributed by atoms with Gasteiger partial charge in [-0.1, -0.05) is 36.4 Å². The zero-order valence-electron chi connectivity index (χ0n) is 23.5. The fraction of sp³-hybridized carbons (Fsp3) is 0.0323. The van der Waals surface area contributed by atoms with Gasteiger partial charge in [0.15, 0.2) is 75.6 Å². The Balaban J connectivity index is 1.72. The summed E-state index contributed by atoms with van der Waals surface area (Å²) in [6.07, 6.45) is 0. The summed E-state index contributed by atoms with van der Waals surface area (Å²) in [7, 11) is -3.68. The average Bonchev–Trinajstić information content (AvgIpc) is 3.29. The molecule has 19 heteroatoms. The van der Waals surface area contributed by atoms with Gasteiger partial charge in [-0.05, 0) is 11.5 Å². The van der Waals surface area contributed by atoms with Gasteiger partial charge in [-0.15, -0.1) is 0 Å². The minimum atomic E-state index is -5.17. The summed E-state index contributed by atoms with van der Waals surface area (Å²) in [5.74, 6) is -49.8.